The van der Waals surface area contributed by atoms with Gasteiger partial charge in [-0.05, 0) is 36.8 Å². The molecule has 0 spiro atoms. The summed E-state index contributed by atoms with van der Waals surface area (Å²) in [4.78, 5) is 18.5. The fraction of sp³-hybridized carbons (Fsp3) is 0.368. The second-order valence-corrected chi connectivity index (χ2v) is 9.51. The van der Waals surface area contributed by atoms with E-state index in [0.29, 0.717) is 44.7 Å². The van der Waals surface area contributed by atoms with Crippen LogP contribution in [0.3, 0.4) is 0 Å². The van der Waals surface area contributed by atoms with E-state index in [1.165, 1.54) is 4.31 Å². The molecule has 1 aliphatic rings. The summed E-state index contributed by atoms with van der Waals surface area (Å²) in [5.41, 5.74) is 0.544. The van der Waals surface area contributed by atoms with Gasteiger partial charge in [-0.2, -0.15) is 4.31 Å². The predicted octanol–water partition coefficient (Wildman–Crippen LogP) is 2.12. The highest BCUT2D eigenvalue weighted by atomic mass is 79.9. The average Bonchev–Trinajstić information content (AvgIpc) is 2.72. The number of carbonyl (C=O) groups is 1. The average molecular weight is 467 g/mol. The highest BCUT2D eigenvalue weighted by molar-refractivity contribution is 9.10. The van der Waals surface area contributed by atoms with Gasteiger partial charge in [-0.25, -0.2) is 13.4 Å². The van der Waals surface area contributed by atoms with Crippen LogP contribution in [0, 0.1) is 0 Å². The Hall–Kier alpha value is -1.97. The Morgan fingerprint density at radius 2 is 1.89 bits per heavy atom. The van der Waals surface area contributed by atoms with Crippen LogP contribution in [0.2, 0.25) is 0 Å². The Morgan fingerprint density at radius 3 is 2.57 bits per heavy atom. The minimum Gasteiger partial charge on any atom is -0.354 e. The van der Waals surface area contributed by atoms with E-state index in [1.54, 1.807) is 24.4 Å². The minimum absolute atomic E-state index is 0.0232. The van der Waals surface area contributed by atoms with Crippen molar-refractivity contribution in [2.45, 2.75) is 6.42 Å². The monoisotopic (exact) mass is 466 g/mol. The zero-order valence-electron chi connectivity index (χ0n) is 15.4. The zero-order valence-corrected chi connectivity index (χ0v) is 17.8. The maximum Gasteiger partial charge on any atom is 0.251 e. The number of sulfonamides is 1. The molecule has 0 atom stereocenters. The van der Waals surface area contributed by atoms with E-state index in [-0.39, 0.29) is 11.7 Å². The van der Waals surface area contributed by atoms with Crippen LogP contribution in [0.5, 0.6) is 0 Å². The zero-order chi connectivity index (χ0) is 20.0. The first kappa shape index (κ1) is 20.8. The summed E-state index contributed by atoms with van der Waals surface area (Å²) >= 11 is 3.33. The van der Waals surface area contributed by atoms with Gasteiger partial charge < -0.3 is 10.2 Å². The van der Waals surface area contributed by atoms with Gasteiger partial charge >= 0.3 is 0 Å². The summed E-state index contributed by atoms with van der Waals surface area (Å²) in [5.74, 6) is 0.688. The number of hydrogen-bond donors (Lipinski definition) is 1. The number of halogens is 1. The second-order valence-electron chi connectivity index (χ2n) is 6.51. The summed E-state index contributed by atoms with van der Waals surface area (Å²) in [5, 5.41) is 2.77. The molecule has 1 fully saturated rings. The van der Waals surface area contributed by atoms with Crippen LogP contribution in [0.15, 0.2) is 53.1 Å². The molecule has 150 valence electrons. The third-order valence-electron chi connectivity index (χ3n) is 4.56. The van der Waals surface area contributed by atoms with Crippen molar-refractivity contribution in [2.24, 2.45) is 0 Å². The van der Waals surface area contributed by atoms with Crippen LogP contribution in [0.25, 0.3) is 0 Å². The van der Waals surface area contributed by atoms with Gasteiger partial charge in [0.1, 0.15) is 5.82 Å². The first-order valence-electron chi connectivity index (χ1n) is 9.13. The van der Waals surface area contributed by atoms with Crippen LogP contribution in [-0.2, 0) is 10.0 Å². The number of piperazine rings is 1. The van der Waals surface area contributed by atoms with E-state index in [9.17, 15) is 13.2 Å². The van der Waals surface area contributed by atoms with Gasteiger partial charge in [0.2, 0.25) is 10.0 Å². The minimum atomic E-state index is -3.33. The Kier molecular flexibility index (Phi) is 7.03. The van der Waals surface area contributed by atoms with Crippen molar-refractivity contribution in [1.29, 1.82) is 0 Å². The molecular weight excluding hydrogens is 444 g/mol. The lowest BCUT2D eigenvalue weighted by atomic mass is 10.2. The largest absolute Gasteiger partial charge is 0.354 e. The van der Waals surface area contributed by atoms with E-state index < -0.39 is 10.0 Å². The lowest BCUT2D eigenvalue weighted by molar-refractivity contribution is 0.0953. The Morgan fingerprint density at radius 1 is 1.11 bits per heavy atom. The van der Waals surface area contributed by atoms with Crippen molar-refractivity contribution in [1.82, 2.24) is 14.6 Å². The van der Waals surface area contributed by atoms with Gasteiger partial charge in [0, 0.05) is 49.0 Å². The van der Waals surface area contributed by atoms with Gasteiger partial charge in [0.15, 0.2) is 0 Å². The number of hydrogen-bond acceptors (Lipinski definition) is 5. The van der Waals surface area contributed by atoms with Crippen molar-refractivity contribution in [3.63, 3.8) is 0 Å². The van der Waals surface area contributed by atoms with E-state index in [4.69, 9.17) is 0 Å². The third-order valence-corrected chi connectivity index (χ3v) is 7.01. The molecule has 28 heavy (non-hydrogen) atoms. The SMILES string of the molecule is O=C(NCCCS(=O)(=O)N1CCN(c2ccccn2)CC1)c1cccc(Br)c1. The number of amides is 1. The van der Waals surface area contributed by atoms with E-state index in [2.05, 4.69) is 31.1 Å². The predicted molar refractivity (Wildman–Crippen MR) is 113 cm³/mol. The summed E-state index contributed by atoms with van der Waals surface area (Å²) in [6, 6.07) is 12.8. The van der Waals surface area contributed by atoms with Crippen molar-refractivity contribution >= 4 is 37.7 Å². The molecule has 0 radical (unpaired) electrons. The third kappa shape index (κ3) is 5.52. The fourth-order valence-corrected chi connectivity index (χ4v) is 4.94. The molecule has 7 nitrogen and oxygen atoms in total. The van der Waals surface area contributed by atoms with Gasteiger partial charge in [-0.3, -0.25) is 4.79 Å². The number of nitrogens with one attached hydrogen (secondary N) is 1. The number of benzene rings is 1. The van der Waals surface area contributed by atoms with Crippen molar-refractivity contribution in [3.8, 4) is 0 Å². The quantitative estimate of drug-likeness (QED) is 0.631. The molecule has 0 saturated carbocycles. The summed E-state index contributed by atoms with van der Waals surface area (Å²) in [6.45, 7) is 2.46. The molecule has 0 bridgehead atoms. The fourth-order valence-electron chi connectivity index (χ4n) is 3.05. The topological polar surface area (TPSA) is 82.6 Å². The molecular formula is C19H23BrN4O3S. The number of anilines is 1. The number of carbonyl (C=O) groups excluding carboxylic acids is 1. The van der Waals surface area contributed by atoms with Gasteiger partial charge in [-0.1, -0.05) is 28.1 Å². The number of pyridine rings is 1. The number of rotatable bonds is 7. The molecule has 1 aromatic carbocycles. The first-order valence-corrected chi connectivity index (χ1v) is 11.5. The van der Waals surface area contributed by atoms with Gasteiger partial charge in [0.05, 0.1) is 5.75 Å². The summed E-state index contributed by atoms with van der Waals surface area (Å²) in [6.07, 6.45) is 2.11. The standard InChI is InChI=1S/C19H23BrN4O3S/c20-17-6-3-5-16(15-17)19(25)22-9-4-14-28(26,27)24-12-10-23(11-13-24)18-7-1-2-8-21-18/h1-3,5-8,15H,4,9-14H2,(H,22,25). The van der Waals surface area contributed by atoms with Crippen LogP contribution in [0.1, 0.15) is 16.8 Å². The van der Waals surface area contributed by atoms with Crippen LogP contribution < -0.4 is 10.2 Å². The van der Waals surface area contributed by atoms with Crippen molar-refractivity contribution in [3.05, 3.63) is 58.7 Å². The molecule has 1 N–H and O–H groups in total. The molecule has 0 aliphatic carbocycles. The smallest absolute Gasteiger partial charge is 0.251 e. The van der Waals surface area contributed by atoms with Gasteiger partial charge in [-0.15, -0.1) is 0 Å². The van der Waals surface area contributed by atoms with Crippen molar-refractivity contribution < 1.29 is 13.2 Å². The molecule has 1 amide bonds. The highest BCUT2D eigenvalue weighted by Crippen LogP contribution is 2.15. The second kappa shape index (κ2) is 9.49. The lowest BCUT2D eigenvalue weighted by Crippen LogP contribution is -2.49. The molecule has 3 rings (SSSR count). The molecule has 1 aliphatic heterocycles. The molecule has 2 heterocycles. The first-order chi connectivity index (χ1) is 13.5. The molecule has 1 aromatic heterocycles. The molecule has 0 unspecified atom stereocenters. The number of aromatic nitrogens is 1. The Balaban J connectivity index is 1.43. The molecule has 1 saturated heterocycles. The molecule has 9 heteroatoms. The Bertz CT molecular complexity index is 900. The van der Waals surface area contributed by atoms with Crippen LogP contribution in [0.4, 0.5) is 5.82 Å². The van der Waals surface area contributed by atoms with Crippen LogP contribution in [-0.4, -0.2) is 62.1 Å². The molecule has 2 aromatic rings. The normalized spacial score (nSPS) is 15.4. The summed E-state index contributed by atoms with van der Waals surface area (Å²) in [7, 11) is -3.33. The van der Waals surface area contributed by atoms with Gasteiger partial charge in [0.25, 0.3) is 5.91 Å². The van der Waals surface area contributed by atoms with Crippen LogP contribution >= 0.6 is 15.9 Å². The lowest BCUT2D eigenvalue weighted by Gasteiger charge is -2.34. The highest BCUT2D eigenvalue weighted by Gasteiger charge is 2.26. The Labute approximate surface area is 173 Å². The van der Waals surface area contributed by atoms with E-state index in [0.717, 1.165) is 10.3 Å². The van der Waals surface area contributed by atoms with E-state index in [1.807, 2.05) is 24.3 Å². The van der Waals surface area contributed by atoms with E-state index >= 15 is 0 Å². The van der Waals surface area contributed by atoms with Crippen molar-refractivity contribution in [2.75, 3.05) is 43.4 Å². The maximum atomic E-state index is 12.6. The maximum absolute atomic E-state index is 12.6. The number of nitrogens with zero attached hydrogens (tertiary/aromatic N) is 3. The summed E-state index contributed by atoms with van der Waals surface area (Å²) < 4.78 is 27.5.